The topological polar surface area (TPSA) is 49.5 Å². The van der Waals surface area contributed by atoms with E-state index in [1.807, 2.05) is 6.07 Å². The van der Waals surface area contributed by atoms with Crippen molar-refractivity contribution in [2.75, 3.05) is 19.6 Å². The van der Waals surface area contributed by atoms with E-state index >= 15 is 0 Å². The Bertz CT molecular complexity index is 315. The van der Waals surface area contributed by atoms with Crippen molar-refractivity contribution >= 4 is 0 Å². The van der Waals surface area contributed by atoms with E-state index in [2.05, 4.69) is 29.2 Å². The molecule has 1 aliphatic rings. The van der Waals surface area contributed by atoms with Crippen molar-refractivity contribution in [3.63, 3.8) is 0 Å². The van der Waals surface area contributed by atoms with Crippen LogP contribution in [0.2, 0.25) is 0 Å². The smallest absolute Gasteiger partial charge is 0.0604 e. The number of nitrogens with zero attached hydrogens (tertiary/aromatic N) is 1. The van der Waals surface area contributed by atoms with Crippen LogP contribution < -0.4 is 5.73 Å². The fourth-order valence-electron chi connectivity index (χ4n) is 2.31. The lowest BCUT2D eigenvalue weighted by Crippen LogP contribution is -2.45. The average Bonchev–Trinajstić information content (AvgIpc) is 2.33. The van der Waals surface area contributed by atoms with Gasteiger partial charge in [0.1, 0.15) is 0 Å². The summed E-state index contributed by atoms with van der Waals surface area (Å²) in [7, 11) is 0. The van der Waals surface area contributed by atoms with Gasteiger partial charge in [0.2, 0.25) is 0 Å². The second-order valence-electron chi connectivity index (χ2n) is 4.57. The van der Waals surface area contributed by atoms with Gasteiger partial charge in [-0.2, -0.15) is 0 Å². The van der Waals surface area contributed by atoms with Crippen LogP contribution >= 0.6 is 0 Å². The molecule has 3 N–H and O–H groups in total. The van der Waals surface area contributed by atoms with Crippen molar-refractivity contribution in [3.05, 3.63) is 35.9 Å². The first-order chi connectivity index (χ1) is 7.79. The SMILES string of the molecule is NC[C@H]1CN(Cc2ccccc2)CC[C@@H]1O. The zero-order chi connectivity index (χ0) is 11.4. The Morgan fingerprint density at radius 1 is 1.31 bits per heavy atom. The Morgan fingerprint density at radius 3 is 2.75 bits per heavy atom. The normalized spacial score (nSPS) is 26.9. The summed E-state index contributed by atoms with van der Waals surface area (Å²) >= 11 is 0. The molecule has 0 spiro atoms. The molecule has 0 aromatic heterocycles. The molecule has 16 heavy (non-hydrogen) atoms. The number of aliphatic hydroxyl groups excluding tert-OH is 1. The zero-order valence-corrected chi connectivity index (χ0v) is 9.55. The minimum Gasteiger partial charge on any atom is -0.393 e. The summed E-state index contributed by atoms with van der Waals surface area (Å²) in [6.45, 7) is 3.41. The highest BCUT2D eigenvalue weighted by Gasteiger charge is 2.26. The molecule has 1 heterocycles. The molecule has 0 radical (unpaired) electrons. The van der Waals surface area contributed by atoms with E-state index in [0.717, 1.165) is 26.1 Å². The van der Waals surface area contributed by atoms with Crippen molar-refractivity contribution in [1.29, 1.82) is 0 Å². The minimum absolute atomic E-state index is 0.211. The lowest BCUT2D eigenvalue weighted by Gasteiger charge is -2.35. The molecule has 0 saturated carbocycles. The number of piperidine rings is 1. The summed E-state index contributed by atoms with van der Waals surface area (Å²) in [6.07, 6.45) is 0.631. The first kappa shape index (κ1) is 11.6. The molecular weight excluding hydrogens is 200 g/mol. The molecule has 0 amide bonds. The van der Waals surface area contributed by atoms with Gasteiger partial charge in [-0.05, 0) is 18.5 Å². The maximum absolute atomic E-state index is 9.75. The van der Waals surface area contributed by atoms with Crippen LogP contribution in [0.5, 0.6) is 0 Å². The van der Waals surface area contributed by atoms with Crippen LogP contribution in [0.4, 0.5) is 0 Å². The average molecular weight is 220 g/mol. The Balaban J connectivity index is 1.92. The van der Waals surface area contributed by atoms with E-state index in [9.17, 15) is 5.11 Å². The van der Waals surface area contributed by atoms with Crippen molar-refractivity contribution in [1.82, 2.24) is 4.90 Å². The highest BCUT2D eigenvalue weighted by Crippen LogP contribution is 2.18. The van der Waals surface area contributed by atoms with Gasteiger partial charge in [-0.3, -0.25) is 4.90 Å². The van der Waals surface area contributed by atoms with Gasteiger partial charge in [0.15, 0.2) is 0 Å². The van der Waals surface area contributed by atoms with Crippen LogP contribution in [-0.2, 0) is 6.54 Å². The fraction of sp³-hybridized carbons (Fsp3) is 0.538. The summed E-state index contributed by atoms with van der Waals surface area (Å²) in [6, 6.07) is 10.4. The largest absolute Gasteiger partial charge is 0.393 e. The number of rotatable bonds is 3. The number of nitrogens with two attached hydrogens (primary N) is 1. The molecule has 1 fully saturated rings. The van der Waals surface area contributed by atoms with Gasteiger partial charge in [-0.25, -0.2) is 0 Å². The van der Waals surface area contributed by atoms with Crippen LogP contribution in [0.3, 0.4) is 0 Å². The van der Waals surface area contributed by atoms with Gasteiger partial charge < -0.3 is 10.8 Å². The lowest BCUT2D eigenvalue weighted by atomic mass is 9.94. The fourth-order valence-corrected chi connectivity index (χ4v) is 2.31. The minimum atomic E-state index is -0.211. The predicted molar refractivity (Wildman–Crippen MR) is 64.9 cm³/mol. The molecule has 0 aliphatic carbocycles. The van der Waals surface area contributed by atoms with E-state index < -0.39 is 0 Å². The third-order valence-corrected chi connectivity index (χ3v) is 3.33. The summed E-state index contributed by atoms with van der Waals surface area (Å²) in [5.41, 5.74) is 6.99. The van der Waals surface area contributed by atoms with E-state index in [1.165, 1.54) is 5.56 Å². The highest BCUT2D eigenvalue weighted by molar-refractivity contribution is 5.14. The molecule has 1 aromatic carbocycles. The van der Waals surface area contributed by atoms with Crippen molar-refractivity contribution in [2.24, 2.45) is 11.7 Å². The third-order valence-electron chi connectivity index (χ3n) is 3.33. The summed E-state index contributed by atoms with van der Waals surface area (Å²) in [4.78, 5) is 2.37. The molecule has 2 rings (SSSR count). The first-order valence-corrected chi connectivity index (χ1v) is 5.94. The van der Waals surface area contributed by atoms with E-state index in [0.29, 0.717) is 6.54 Å². The lowest BCUT2D eigenvalue weighted by molar-refractivity contribution is 0.0277. The quantitative estimate of drug-likeness (QED) is 0.793. The molecular formula is C13H20N2O. The van der Waals surface area contributed by atoms with E-state index in [4.69, 9.17) is 5.73 Å². The summed E-state index contributed by atoms with van der Waals surface area (Å²) < 4.78 is 0. The van der Waals surface area contributed by atoms with Gasteiger partial charge in [-0.1, -0.05) is 30.3 Å². The first-order valence-electron chi connectivity index (χ1n) is 5.94. The van der Waals surface area contributed by atoms with Crippen LogP contribution in [0, 0.1) is 5.92 Å². The molecule has 3 nitrogen and oxygen atoms in total. The third kappa shape index (κ3) is 2.82. The molecule has 1 aromatic rings. The van der Waals surface area contributed by atoms with Crippen LogP contribution in [0.25, 0.3) is 0 Å². The molecule has 0 unspecified atom stereocenters. The molecule has 3 heteroatoms. The van der Waals surface area contributed by atoms with Gasteiger partial charge in [0.05, 0.1) is 6.10 Å². The zero-order valence-electron chi connectivity index (χ0n) is 9.55. The number of aliphatic hydroxyl groups is 1. The molecule has 1 aliphatic heterocycles. The van der Waals surface area contributed by atoms with Crippen LogP contribution in [0.15, 0.2) is 30.3 Å². The van der Waals surface area contributed by atoms with E-state index in [1.54, 1.807) is 0 Å². The Morgan fingerprint density at radius 2 is 2.06 bits per heavy atom. The van der Waals surface area contributed by atoms with Gasteiger partial charge in [-0.15, -0.1) is 0 Å². The maximum atomic E-state index is 9.75. The summed E-state index contributed by atoms with van der Waals surface area (Å²) in [5.74, 6) is 0.234. The maximum Gasteiger partial charge on any atom is 0.0604 e. The van der Waals surface area contributed by atoms with Crippen molar-refractivity contribution < 1.29 is 5.11 Å². The molecule has 2 atom stereocenters. The Kier molecular flexibility index (Phi) is 3.93. The Labute approximate surface area is 96.9 Å². The van der Waals surface area contributed by atoms with Gasteiger partial charge >= 0.3 is 0 Å². The van der Waals surface area contributed by atoms with Gasteiger partial charge in [0.25, 0.3) is 0 Å². The number of hydrogen-bond acceptors (Lipinski definition) is 3. The van der Waals surface area contributed by atoms with Crippen molar-refractivity contribution in [2.45, 2.75) is 19.1 Å². The van der Waals surface area contributed by atoms with Crippen molar-refractivity contribution in [3.8, 4) is 0 Å². The van der Waals surface area contributed by atoms with Crippen LogP contribution in [0.1, 0.15) is 12.0 Å². The summed E-state index contributed by atoms with van der Waals surface area (Å²) in [5, 5.41) is 9.75. The van der Waals surface area contributed by atoms with Gasteiger partial charge in [0, 0.05) is 25.6 Å². The highest BCUT2D eigenvalue weighted by atomic mass is 16.3. The van der Waals surface area contributed by atoms with E-state index in [-0.39, 0.29) is 12.0 Å². The van der Waals surface area contributed by atoms with Crippen LogP contribution in [-0.4, -0.2) is 35.7 Å². The molecule has 88 valence electrons. The predicted octanol–water partition coefficient (Wildman–Crippen LogP) is 0.828. The number of hydrogen-bond donors (Lipinski definition) is 2. The molecule has 0 bridgehead atoms. The second-order valence-corrected chi connectivity index (χ2v) is 4.57. The number of benzene rings is 1. The standard InChI is InChI=1S/C13H20N2O/c14-8-12-10-15(7-6-13(12)16)9-11-4-2-1-3-5-11/h1-5,12-13,16H,6-10,14H2/t12-,13-/m0/s1. The Hall–Kier alpha value is -0.900. The second kappa shape index (κ2) is 5.43. The molecule has 1 saturated heterocycles. The monoisotopic (exact) mass is 220 g/mol. The number of likely N-dealkylation sites (tertiary alicyclic amines) is 1.